The van der Waals surface area contributed by atoms with Crippen molar-refractivity contribution in [2.45, 2.75) is 24.3 Å². The first kappa shape index (κ1) is 19.6. The average molecular weight is 392 g/mol. The minimum absolute atomic E-state index is 0.333. The Kier molecular flexibility index (Phi) is 6.39. The lowest BCUT2D eigenvalue weighted by atomic mass is 10.1. The number of carbonyl (C=O) groups excluding carboxylic acids is 2. The molecule has 0 saturated carbocycles. The molecule has 2 N–H and O–H groups in total. The standard InChI is InChI=1S/C21H20N4O2S/c1-14-13-18(16-9-5-3-6-10-16)23-21(22-14)28-15(2)19(26)24-25-20(27)17-11-7-4-8-12-17/h3-13,15H,1-2H3,(H,24,26)(H,25,27)/t15-/m0/s1. The maximum absolute atomic E-state index is 12.3. The molecule has 0 aliphatic heterocycles. The van der Waals surface area contributed by atoms with Crippen molar-refractivity contribution >= 4 is 23.6 Å². The van der Waals surface area contributed by atoms with Crippen LogP contribution in [0.1, 0.15) is 23.0 Å². The minimum Gasteiger partial charge on any atom is -0.272 e. The van der Waals surface area contributed by atoms with E-state index < -0.39 is 5.25 Å². The van der Waals surface area contributed by atoms with Crippen LogP contribution in [-0.4, -0.2) is 27.0 Å². The Bertz CT molecular complexity index is 965. The van der Waals surface area contributed by atoms with E-state index in [2.05, 4.69) is 20.8 Å². The van der Waals surface area contributed by atoms with Crippen LogP contribution < -0.4 is 10.9 Å². The highest BCUT2D eigenvalue weighted by Gasteiger charge is 2.18. The van der Waals surface area contributed by atoms with E-state index in [-0.39, 0.29) is 11.8 Å². The molecule has 0 aliphatic carbocycles. The first-order valence-electron chi connectivity index (χ1n) is 8.76. The number of aromatic nitrogens is 2. The second kappa shape index (κ2) is 9.14. The lowest BCUT2D eigenvalue weighted by Crippen LogP contribution is -2.44. The van der Waals surface area contributed by atoms with E-state index in [1.807, 2.05) is 49.4 Å². The lowest BCUT2D eigenvalue weighted by Gasteiger charge is -2.13. The second-order valence-electron chi connectivity index (χ2n) is 6.11. The second-order valence-corrected chi connectivity index (χ2v) is 7.42. The molecule has 2 aromatic carbocycles. The first-order chi connectivity index (χ1) is 13.5. The molecule has 1 atom stereocenters. The Morgan fingerprint density at radius 3 is 2.25 bits per heavy atom. The summed E-state index contributed by atoms with van der Waals surface area (Å²) < 4.78 is 0. The molecule has 7 heteroatoms. The highest BCUT2D eigenvalue weighted by molar-refractivity contribution is 8.00. The number of hydrogen-bond acceptors (Lipinski definition) is 5. The third-order valence-corrected chi connectivity index (χ3v) is 4.85. The fourth-order valence-corrected chi connectivity index (χ4v) is 3.27. The smallest absolute Gasteiger partial charge is 0.269 e. The van der Waals surface area contributed by atoms with Gasteiger partial charge >= 0.3 is 0 Å². The van der Waals surface area contributed by atoms with Gasteiger partial charge in [0.1, 0.15) is 0 Å². The van der Waals surface area contributed by atoms with Gasteiger partial charge in [0.05, 0.1) is 10.9 Å². The molecule has 0 radical (unpaired) electrons. The van der Waals surface area contributed by atoms with E-state index in [4.69, 9.17) is 0 Å². The number of hydrogen-bond donors (Lipinski definition) is 2. The van der Waals surface area contributed by atoms with Gasteiger partial charge in [0.2, 0.25) is 0 Å². The number of aryl methyl sites for hydroxylation is 1. The lowest BCUT2D eigenvalue weighted by molar-refractivity contribution is -0.121. The van der Waals surface area contributed by atoms with Crippen molar-refractivity contribution in [1.82, 2.24) is 20.8 Å². The summed E-state index contributed by atoms with van der Waals surface area (Å²) in [6.07, 6.45) is 0. The van der Waals surface area contributed by atoms with Crippen LogP contribution in [-0.2, 0) is 4.79 Å². The Morgan fingerprint density at radius 1 is 0.929 bits per heavy atom. The van der Waals surface area contributed by atoms with Gasteiger partial charge in [-0.05, 0) is 32.0 Å². The van der Waals surface area contributed by atoms with Crippen LogP contribution >= 0.6 is 11.8 Å². The van der Waals surface area contributed by atoms with E-state index in [0.717, 1.165) is 17.0 Å². The molecule has 0 bridgehead atoms. The highest BCUT2D eigenvalue weighted by Crippen LogP contribution is 2.24. The zero-order valence-electron chi connectivity index (χ0n) is 15.5. The summed E-state index contributed by atoms with van der Waals surface area (Å²) >= 11 is 1.24. The minimum atomic E-state index is -0.485. The summed E-state index contributed by atoms with van der Waals surface area (Å²) in [6, 6.07) is 20.4. The van der Waals surface area contributed by atoms with Gasteiger partial charge < -0.3 is 0 Å². The summed E-state index contributed by atoms with van der Waals surface area (Å²) in [6.45, 7) is 3.63. The number of carbonyl (C=O) groups is 2. The van der Waals surface area contributed by atoms with Crippen molar-refractivity contribution in [2.24, 2.45) is 0 Å². The Morgan fingerprint density at radius 2 is 1.57 bits per heavy atom. The van der Waals surface area contributed by atoms with Gasteiger partial charge in [-0.15, -0.1) is 0 Å². The summed E-state index contributed by atoms with van der Waals surface area (Å²) in [4.78, 5) is 33.3. The van der Waals surface area contributed by atoms with E-state index in [1.54, 1.807) is 31.2 Å². The molecule has 0 spiro atoms. The Labute approximate surface area is 167 Å². The maximum Gasteiger partial charge on any atom is 0.269 e. The van der Waals surface area contributed by atoms with Crippen LogP contribution in [0, 0.1) is 6.92 Å². The van der Waals surface area contributed by atoms with Crippen molar-refractivity contribution in [3.63, 3.8) is 0 Å². The van der Waals surface area contributed by atoms with Crippen LogP contribution in [0.4, 0.5) is 0 Å². The first-order valence-corrected chi connectivity index (χ1v) is 9.64. The molecule has 28 heavy (non-hydrogen) atoms. The summed E-state index contributed by atoms with van der Waals surface area (Å²) in [5.41, 5.74) is 7.95. The number of nitrogens with one attached hydrogen (secondary N) is 2. The van der Waals surface area contributed by atoms with Gasteiger partial charge in [0, 0.05) is 16.8 Å². The molecule has 3 rings (SSSR count). The average Bonchev–Trinajstić information content (AvgIpc) is 2.72. The molecule has 1 heterocycles. The van der Waals surface area contributed by atoms with E-state index in [1.165, 1.54) is 11.8 Å². The van der Waals surface area contributed by atoms with Crippen molar-refractivity contribution < 1.29 is 9.59 Å². The van der Waals surface area contributed by atoms with Crippen molar-refractivity contribution in [2.75, 3.05) is 0 Å². The topological polar surface area (TPSA) is 84.0 Å². The van der Waals surface area contributed by atoms with E-state index >= 15 is 0 Å². The predicted octanol–water partition coefficient (Wildman–Crippen LogP) is 3.39. The van der Waals surface area contributed by atoms with Gasteiger partial charge in [-0.2, -0.15) is 0 Å². The molecule has 0 saturated heterocycles. The number of amides is 2. The zero-order valence-corrected chi connectivity index (χ0v) is 16.4. The monoisotopic (exact) mass is 392 g/mol. The summed E-state index contributed by atoms with van der Waals surface area (Å²) in [5.74, 6) is -0.704. The molecular weight excluding hydrogens is 372 g/mol. The molecule has 3 aromatic rings. The number of rotatable bonds is 5. The van der Waals surface area contributed by atoms with Gasteiger partial charge in [-0.3, -0.25) is 20.4 Å². The largest absolute Gasteiger partial charge is 0.272 e. The number of hydrazine groups is 1. The van der Waals surface area contributed by atoms with Crippen LogP contribution in [0.15, 0.2) is 71.9 Å². The van der Waals surface area contributed by atoms with Crippen molar-refractivity contribution in [3.8, 4) is 11.3 Å². The number of thioether (sulfide) groups is 1. The van der Waals surface area contributed by atoms with Gasteiger partial charge in [0.25, 0.3) is 11.8 Å². The van der Waals surface area contributed by atoms with E-state index in [9.17, 15) is 9.59 Å². The fourth-order valence-electron chi connectivity index (χ4n) is 2.44. The van der Waals surface area contributed by atoms with Gasteiger partial charge in [0.15, 0.2) is 5.16 Å². The molecular formula is C21H20N4O2S. The molecule has 6 nitrogen and oxygen atoms in total. The van der Waals surface area contributed by atoms with Gasteiger partial charge in [-0.1, -0.05) is 60.3 Å². The van der Waals surface area contributed by atoms with E-state index in [0.29, 0.717) is 10.7 Å². The predicted molar refractivity (Wildman–Crippen MR) is 110 cm³/mol. The summed E-state index contributed by atoms with van der Waals surface area (Å²) in [5, 5.41) is 0.0254. The summed E-state index contributed by atoms with van der Waals surface area (Å²) in [7, 11) is 0. The molecule has 0 aliphatic rings. The van der Waals surface area contributed by atoms with Crippen LogP contribution in [0.5, 0.6) is 0 Å². The fraction of sp³-hybridized carbons (Fsp3) is 0.143. The van der Waals surface area contributed by atoms with Crippen molar-refractivity contribution in [3.05, 3.63) is 78.0 Å². The van der Waals surface area contributed by atoms with Gasteiger partial charge in [-0.25, -0.2) is 9.97 Å². The third-order valence-electron chi connectivity index (χ3n) is 3.89. The Hall–Kier alpha value is -3.19. The molecule has 142 valence electrons. The van der Waals surface area contributed by atoms with Crippen LogP contribution in [0.25, 0.3) is 11.3 Å². The van der Waals surface area contributed by atoms with Crippen LogP contribution in [0.2, 0.25) is 0 Å². The zero-order chi connectivity index (χ0) is 19.9. The normalized spacial score (nSPS) is 11.5. The third kappa shape index (κ3) is 5.17. The molecule has 2 amide bonds. The molecule has 0 unspecified atom stereocenters. The highest BCUT2D eigenvalue weighted by atomic mass is 32.2. The quantitative estimate of drug-likeness (QED) is 0.395. The number of nitrogens with zero attached hydrogens (tertiary/aromatic N) is 2. The molecule has 0 fully saturated rings. The molecule has 1 aromatic heterocycles. The maximum atomic E-state index is 12.3. The van der Waals surface area contributed by atoms with Crippen LogP contribution in [0.3, 0.4) is 0 Å². The SMILES string of the molecule is Cc1cc(-c2ccccc2)nc(S[C@@H](C)C(=O)NNC(=O)c2ccccc2)n1. The number of benzene rings is 2. The van der Waals surface area contributed by atoms with Crippen molar-refractivity contribution in [1.29, 1.82) is 0 Å². The Balaban J connectivity index is 1.62.